The lowest BCUT2D eigenvalue weighted by Gasteiger charge is -2.24. The predicted molar refractivity (Wildman–Crippen MR) is 84.0 cm³/mol. The van der Waals surface area contributed by atoms with E-state index in [1.54, 1.807) is 0 Å². The molecule has 1 amide bonds. The number of carbonyl (C=O) groups is 1. The third kappa shape index (κ3) is 3.54. The Bertz CT molecular complexity index is 442. The maximum Gasteiger partial charge on any atom is 0.227 e. The van der Waals surface area contributed by atoms with Gasteiger partial charge >= 0.3 is 0 Å². The second-order valence-corrected chi connectivity index (χ2v) is 6.39. The SMILES string of the molecule is CCC(C)C(C(=O)NCC1(CCl)CC1)c1ccccc1. The standard InChI is InChI=1S/C17H24ClNO/c1-3-13(2)15(14-7-5-4-6-8-14)16(20)19-12-17(11-18)9-10-17/h4-8,13,15H,3,9-12H2,1-2H3,(H,19,20). The second-order valence-electron chi connectivity index (χ2n) is 6.13. The van der Waals surface area contributed by atoms with Gasteiger partial charge in [-0.15, -0.1) is 11.6 Å². The third-order valence-corrected chi connectivity index (χ3v) is 5.10. The first-order valence-electron chi connectivity index (χ1n) is 7.50. The molecule has 0 spiro atoms. The summed E-state index contributed by atoms with van der Waals surface area (Å²) in [7, 11) is 0. The topological polar surface area (TPSA) is 29.1 Å². The molecule has 0 bridgehead atoms. The van der Waals surface area contributed by atoms with Crippen molar-refractivity contribution in [3.8, 4) is 0 Å². The van der Waals surface area contributed by atoms with Crippen LogP contribution in [0.25, 0.3) is 0 Å². The molecule has 1 N–H and O–H groups in total. The molecule has 0 heterocycles. The lowest BCUT2D eigenvalue weighted by atomic mass is 9.85. The molecule has 20 heavy (non-hydrogen) atoms. The number of hydrogen-bond acceptors (Lipinski definition) is 1. The molecule has 0 saturated heterocycles. The fraction of sp³-hybridized carbons (Fsp3) is 0.588. The van der Waals surface area contributed by atoms with E-state index in [1.165, 1.54) is 0 Å². The average Bonchev–Trinajstić information content (AvgIpc) is 3.27. The smallest absolute Gasteiger partial charge is 0.227 e. The zero-order chi connectivity index (χ0) is 14.6. The fourth-order valence-corrected chi connectivity index (χ4v) is 2.92. The van der Waals surface area contributed by atoms with Gasteiger partial charge in [-0.3, -0.25) is 4.79 Å². The quantitative estimate of drug-likeness (QED) is 0.758. The van der Waals surface area contributed by atoms with E-state index in [4.69, 9.17) is 11.6 Å². The van der Waals surface area contributed by atoms with E-state index in [0.29, 0.717) is 11.8 Å². The Morgan fingerprint density at radius 2 is 2.00 bits per heavy atom. The molecule has 3 heteroatoms. The number of amides is 1. The minimum Gasteiger partial charge on any atom is -0.355 e. The summed E-state index contributed by atoms with van der Waals surface area (Å²) >= 11 is 5.97. The van der Waals surface area contributed by atoms with Crippen molar-refractivity contribution in [2.75, 3.05) is 12.4 Å². The van der Waals surface area contributed by atoms with E-state index in [2.05, 4.69) is 19.2 Å². The first-order chi connectivity index (χ1) is 9.62. The number of benzene rings is 1. The molecule has 2 unspecified atom stereocenters. The molecule has 1 aromatic rings. The lowest BCUT2D eigenvalue weighted by molar-refractivity contribution is -0.123. The fourth-order valence-electron chi connectivity index (χ4n) is 2.55. The molecule has 1 aromatic carbocycles. The summed E-state index contributed by atoms with van der Waals surface area (Å²) < 4.78 is 0. The summed E-state index contributed by atoms with van der Waals surface area (Å²) in [5, 5.41) is 3.13. The van der Waals surface area contributed by atoms with Crippen LogP contribution in [0.3, 0.4) is 0 Å². The van der Waals surface area contributed by atoms with Gasteiger partial charge in [0, 0.05) is 17.8 Å². The molecule has 0 aliphatic heterocycles. The van der Waals surface area contributed by atoms with E-state index in [-0.39, 0.29) is 17.2 Å². The van der Waals surface area contributed by atoms with Crippen LogP contribution < -0.4 is 5.32 Å². The van der Waals surface area contributed by atoms with E-state index in [0.717, 1.165) is 31.4 Å². The zero-order valence-electron chi connectivity index (χ0n) is 12.4. The number of carbonyl (C=O) groups excluding carboxylic acids is 1. The molecule has 0 radical (unpaired) electrons. The summed E-state index contributed by atoms with van der Waals surface area (Å²) in [6, 6.07) is 10.1. The molecule has 1 fully saturated rings. The molecule has 0 aromatic heterocycles. The summed E-state index contributed by atoms with van der Waals surface area (Å²) in [6.07, 6.45) is 3.26. The number of rotatable bonds is 7. The minimum atomic E-state index is -0.0627. The summed E-state index contributed by atoms with van der Waals surface area (Å²) in [5.74, 6) is 1.06. The van der Waals surface area contributed by atoms with Gasteiger partial charge in [0.25, 0.3) is 0 Å². The Hall–Kier alpha value is -1.02. The summed E-state index contributed by atoms with van der Waals surface area (Å²) in [5.41, 5.74) is 1.28. The summed E-state index contributed by atoms with van der Waals surface area (Å²) in [4.78, 5) is 12.6. The largest absolute Gasteiger partial charge is 0.355 e. The van der Waals surface area contributed by atoms with Crippen LogP contribution in [0.5, 0.6) is 0 Å². The van der Waals surface area contributed by atoms with E-state index in [9.17, 15) is 4.79 Å². The van der Waals surface area contributed by atoms with Crippen molar-refractivity contribution in [3.05, 3.63) is 35.9 Å². The Morgan fingerprint density at radius 1 is 1.35 bits per heavy atom. The van der Waals surface area contributed by atoms with Gasteiger partial charge in [-0.2, -0.15) is 0 Å². The lowest BCUT2D eigenvalue weighted by Crippen LogP contribution is -2.36. The number of hydrogen-bond donors (Lipinski definition) is 1. The third-order valence-electron chi connectivity index (χ3n) is 4.53. The molecule has 1 saturated carbocycles. The van der Waals surface area contributed by atoms with Crippen molar-refractivity contribution in [2.45, 2.75) is 39.0 Å². The number of alkyl halides is 1. The van der Waals surface area contributed by atoms with Crippen LogP contribution in [0, 0.1) is 11.3 Å². The van der Waals surface area contributed by atoms with Crippen LogP contribution in [-0.2, 0) is 4.79 Å². The van der Waals surface area contributed by atoms with Crippen molar-refractivity contribution >= 4 is 17.5 Å². The van der Waals surface area contributed by atoms with Crippen molar-refractivity contribution in [2.24, 2.45) is 11.3 Å². The monoisotopic (exact) mass is 293 g/mol. The first kappa shape index (κ1) is 15.4. The van der Waals surface area contributed by atoms with Crippen LogP contribution in [0.4, 0.5) is 0 Å². The Balaban J connectivity index is 2.05. The van der Waals surface area contributed by atoms with E-state index < -0.39 is 0 Å². The van der Waals surface area contributed by atoms with Gasteiger partial charge in [0.2, 0.25) is 5.91 Å². The molecule has 2 nitrogen and oxygen atoms in total. The average molecular weight is 294 g/mol. The highest BCUT2D eigenvalue weighted by molar-refractivity contribution is 6.18. The van der Waals surface area contributed by atoms with Crippen LogP contribution in [0.15, 0.2) is 30.3 Å². The van der Waals surface area contributed by atoms with Gasteiger partial charge in [0.15, 0.2) is 0 Å². The number of nitrogens with one attached hydrogen (secondary N) is 1. The van der Waals surface area contributed by atoms with Crippen LogP contribution >= 0.6 is 11.6 Å². The Morgan fingerprint density at radius 3 is 2.50 bits per heavy atom. The molecule has 2 rings (SSSR count). The predicted octanol–water partition coefficient (Wildman–Crippen LogP) is 3.95. The van der Waals surface area contributed by atoms with Gasteiger partial charge in [0.1, 0.15) is 0 Å². The molecule has 110 valence electrons. The Kier molecular flexibility index (Phi) is 5.09. The van der Waals surface area contributed by atoms with Gasteiger partial charge in [-0.1, -0.05) is 50.6 Å². The normalized spacial score (nSPS) is 19.1. The Labute approximate surface area is 126 Å². The van der Waals surface area contributed by atoms with Gasteiger partial charge in [-0.25, -0.2) is 0 Å². The molecule has 1 aliphatic carbocycles. The second kappa shape index (κ2) is 6.62. The zero-order valence-corrected chi connectivity index (χ0v) is 13.1. The maximum absolute atomic E-state index is 12.6. The molecular weight excluding hydrogens is 270 g/mol. The van der Waals surface area contributed by atoms with Gasteiger partial charge in [-0.05, 0) is 24.3 Å². The molecular formula is C17H24ClNO. The first-order valence-corrected chi connectivity index (χ1v) is 8.04. The van der Waals surface area contributed by atoms with Gasteiger partial charge < -0.3 is 5.32 Å². The highest BCUT2D eigenvalue weighted by Crippen LogP contribution is 2.46. The van der Waals surface area contributed by atoms with Crippen molar-refractivity contribution < 1.29 is 4.79 Å². The van der Waals surface area contributed by atoms with Crippen molar-refractivity contribution in [3.63, 3.8) is 0 Å². The van der Waals surface area contributed by atoms with Crippen LogP contribution in [0.1, 0.15) is 44.6 Å². The van der Waals surface area contributed by atoms with Crippen LogP contribution in [0.2, 0.25) is 0 Å². The van der Waals surface area contributed by atoms with Crippen molar-refractivity contribution in [1.82, 2.24) is 5.32 Å². The van der Waals surface area contributed by atoms with Crippen LogP contribution in [-0.4, -0.2) is 18.3 Å². The highest BCUT2D eigenvalue weighted by Gasteiger charge is 2.42. The molecule has 1 aliphatic rings. The van der Waals surface area contributed by atoms with E-state index in [1.807, 2.05) is 30.3 Å². The van der Waals surface area contributed by atoms with Crippen molar-refractivity contribution in [1.29, 1.82) is 0 Å². The number of halogens is 1. The minimum absolute atomic E-state index is 0.0627. The maximum atomic E-state index is 12.6. The van der Waals surface area contributed by atoms with Gasteiger partial charge in [0.05, 0.1) is 5.92 Å². The highest BCUT2D eigenvalue weighted by atomic mass is 35.5. The van der Waals surface area contributed by atoms with E-state index >= 15 is 0 Å². The summed E-state index contributed by atoms with van der Waals surface area (Å²) in [6.45, 7) is 5.00. The molecule has 2 atom stereocenters.